The third-order valence-corrected chi connectivity index (χ3v) is 3.53. The number of aromatic amines is 1. The van der Waals surface area contributed by atoms with Crippen molar-refractivity contribution in [3.8, 4) is 0 Å². The maximum Gasteiger partial charge on any atom is 0.251 e. The lowest BCUT2D eigenvalue weighted by molar-refractivity contribution is -0.0684. The van der Waals surface area contributed by atoms with E-state index in [4.69, 9.17) is 26.4 Å². The van der Waals surface area contributed by atoms with Gasteiger partial charge in [-0.1, -0.05) is 0 Å². The maximum atomic E-state index is 11.2. The molecular formula is C12H18N2O6S. The fourth-order valence-corrected chi connectivity index (χ4v) is 2.46. The SMILES string of the molecule is COCCO[C@H]1[C@@H](O)[C@H](n2ccc(=O)[nH]c2=S)O[C@@H]1CO. The number of aromatic nitrogens is 2. The molecule has 1 aliphatic rings. The quantitative estimate of drug-likeness (QED) is 0.465. The number of ether oxygens (including phenoxy) is 3. The Morgan fingerprint density at radius 3 is 2.90 bits per heavy atom. The van der Waals surface area contributed by atoms with Gasteiger partial charge in [0.1, 0.15) is 18.3 Å². The number of aliphatic hydroxyl groups is 2. The Hall–Kier alpha value is -1.10. The van der Waals surface area contributed by atoms with Crippen molar-refractivity contribution in [3.63, 3.8) is 0 Å². The fraction of sp³-hybridized carbons (Fsp3) is 0.667. The van der Waals surface area contributed by atoms with E-state index in [9.17, 15) is 15.0 Å². The van der Waals surface area contributed by atoms with Crippen LogP contribution in [0, 0.1) is 4.77 Å². The molecule has 4 atom stereocenters. The lowest BCUT2D eigenvalue weighted by Gasteiger charge is -2.20. The number of hydrogen-bond donors (Lipinski definition) is 3. The second-order valence-corrected chi connectivity index (χ2v) is 4.97. The van der Waals surface area contributed by atoms with Gasteiger partial charge in [0.2, 0.25) is 0 Å². The van der Waals surface area contributed by atoms with E-state index in [1.54, 1.807) is 0 Å². The van der Waals surface area contributed by atoms with E-state index >= 15 is 0 Å². The average molecular weight is 318 g/mol. The van der Waals surface area contributed by atoms with Gasteiger partial charge >= 0.3 is 0 Å². The van der Waals surface area contributed by atoms with E-state index in [-0.39, 0.29) is 23.5 Å². The molecule has 0 aliphatic carbocycles. The highest BCUT2D eigenvalue weighted by atomic mass is 32.1. The molecule has 3 N–H and O–H groups in total. The molecule has 0 radical (unpaired) electrons. The van der Waals surface area contributed by atoms with Gasteiger partial charge in [-0.15, -0.1) is 0 Å². The second-order valence-electron chi connectivity index (χ2n) is 4.58. The standard InChI is InChI=1S/C12H18N2O6S/c1-18-4-5-19-10-7(6-15)20-11(9(10)17)14-3-2-8(16)13-12(14)21/h2-3,7,9-11,15,17H,4-6H2,1H3,(H,13,16,21)/t7-,9-,10-,11-/m1/s1. The predicted octanol–water partition coefficient (Wildman–Crippen LogP) is -0.812. The summed E-state index contributed by atoms with van der Waals surface area (Å²) in [7, 11) is 1.54. The zero-order valence-corrected chi connectivity index (χ0v) is 12.3. The van der Waals surface area contributed by atoms with E-state index in [1.165, 1.54) is 23.9 Å². The molecule has 0 bridgehead atoms. The molecule has 0 saturated carbocycles. The van der Waals surface area contributed by atoms with Crippen molar-refractivity contribution in [1.29, 1.82) is 0 Å². The van der Waals surface area contributed by atoms with Crippen LogP contribution in [0.1, 0.15) is 6.23 Å². The summed E-state index contributed by atoms with van der Waals surface area (Å²) < 4.78 is 17.5. The molecule has 118 valence electrons. The monoisotopic (exact) mass is 318 g/mol. The molecular weight excluding hydrogens is 300 g/mol. The number of rotatable bonds is 6. The van der Waals surface area contributed by atoms with Crippen LogP contribution in [0.4, 0.5) is 0 Å². The van der Waals surface area contributed by atoms with E-state index in [2.05, 4.69) is 4.98 Å². The lowest BCUT2D eigenvalue weighted by atomic mass is 10.1. The molecule has 0 spiro atoms. The molecule has 1 fully saturated rings. The second kappa shape index (κ2) is 7.25. The molecule has 1 aliphatic heterocycles. The first-order valence-electron chi connectivity index (χ1n) is 6.45. The van der Waals surface area contributed by atoms with Crippen molar-refractivity contribution in [2.75, 3.05) is 26.9 Å². The highest BCUT2D eigenvalue weighted by molar-refractivity contribution is 7.71. The van der Waals surface area contributed by atoms with Crippen molar-refractivity contribution in [2.45, 2.75) is 24.5 Å². The van der Waals surface area contributed by atoms with Gasteiger partial charge < -0.3 is 24.4 Å². The lowest BCUT2D eigenvalue weighted by Crippen LogP contribution is -2.37. The molecule has 0 amide bonds. The molecule has 0 aromatic carbocycles. The summed E-state index contributed by atoms with van der Waals surface area (Å²) in [4.78, 5) is 13.6. The largest absolute Gasteiger partial charge is 0.394 e. The third-order valence-electron chi connectivity index (χ3n) is 3.21. The van der Waals surface area contributed by atoms with Gasteiger partial charge in [0.05, 0.1) is 19.8 Å². The zero-order chi connectivity index (χ0) is 15.4. The minimum atomic E-state index is -1.03. The van der Waals surface area contributed by atoms with Crippen molar-refractivity contribution in [1.82, 2.24) is 9.55 Å². The van der Waals surface area contributed by atoms with Gasteiger partial charge in [-0.25, -0.2) is 0 Å². The molecule has 1 aromatic rings. The number of nitrogens with one attached hydrogen (secondary N) is 1. The first kappa shape index (κ1) is 16.3. The van der Waals surface area contributed by atoms with Crippen LogP contribution in [-0.4, -0.2) is 65.0 Å². The van der Waals surface area contributed by atoms with Crippen molar-refractivity contribution >= 4 is 12.2 Å². The van der Waals surface area contributed by atoms with Crippen LogP contribution in [0.25, 0.3) is 0 Å². The highest BCUT2D eigenvalue weighted by Gasteiger charge is 2.45. The van der Waals surface area contributed by atoms with Crippen molar-refractivity contribution in [3.05, 3.63) is 27.4 Å². The Morgan fingerprint density at radius 2 is 2.29 bits per heavy atom. The van der Waals surface area contributed by atoms with Crippen LogP contribution in [0.15, 0.2) is 17.1 Å². The molecule has 0 unspecified atom stereocenters. The van der Waals surface area contributed by atoms with E-state index in [0.717, 1.165) is 0 Å². The predicted molar refractivity (Wildman–Crippen MR) is 74.5 cm³/mol. The van der Waals surface area contributed by atoms with Crippen LogP contribution in [0.2, 0.25) is 0 Å². The Balaban J connectivity index is 2.18. The Bertz CT molecular complexity index is 573. The van der Waals surface area contributed by atoms with Crippen LogP contribution in [0.3, 0.4) is 0 Å². The van der Waals surface area contributed by atoms with Crippen molar-refractivity contribution < 1.29 is 24.4 Å². The average Bonchev–Trinajstić information content (AvgIpc) is 2.76. The van der Waals surface area contributed by atoms with Crippen LogP contribution in [-0.2, 0) is 14.2 Å². The van der Waals surface area contributed by atoms with E-state index < -0.39 is 24.5 Å². The summed E-state index contributed by atoms with van der Waals surface area (Å²) in [5.74, 6) is 0. The highest BCUT2D eigenvalue weighted by Crippen LogP contribution is 2.31. The molecule has 8 nitrogen and oxygen atoms in total. The number of hydrogen-bond acceptors (Lipinski definition) is 7. The first-order chi connectivity index (χ1) is 10.1. The Labute approximate surface area is 125 Å². The zero-order valence-electron chi connectivity index (χ0n) is 11.5. The smallest absolute Gasteiger partial charge is 0.251 e. The summed E-state index contributed by atoms with van der Waals surface area (Å²) in [5.41, 5.74) is -0.338. The number of aliphatic hydroxyl groups excluding tert-OH is 2. The summed E-state index contributed by atoms with van der Waals surface area (Å²) >= 11 is 5.04. The van der Waals surface area contributed by atoms with Gasteiger partial charge in [0, 0.05) is 19.4 Å². The molecule has 1 aromatic heterocycles. The van der Waals surface area contributed by atoms with Crippen molar-refractivity contribution in [2.24, 2.45) is 0 Å². The minimum absolute atomic E-state index is 0.126. The fourth-order valence-electron chi connectivity index (χ4n) is 2.20. The number of nitrogens with zero attached hydrogens (tertiary/aromatic N) is 1. The first-order valence-corrected chi connectivity index (χ1v) is 6.85. The van der Waals surface area contributed by atoms with Gasteiger partial charge in [-0.3, -0.25) is 14.3 Å². The van der Waals surface area contributed by atoms with Crippen LogP contribution >= 0.6 is 12.2 Å². The third kappa shape index (κ3) is 3.57. The molecule has 21 heavy (non-hydrogen) atoms. The summed E-state index contributed by atoms with van der Waals surface area (Å²) in [6, 6.07) is 1.28. The molecule has 1 saturated heterocycles. The number of H-pyrrole nitrogens is 1. The van der Waals surface area contributed by atoms with Gasteiger partial charge in [0.15, 0.2) is 11.0 Å². The summed E-state index contributed by atoms with van der Waals surface area (Å²) in [6.07, 6.45) is -1.82. The van der Waals surface area contributed by atoms with E-state index in [1.807, 2.05) is 0 Å². The summed E-state index contributed by atoms with van der Waals surface area (Å²) in [6.45, 7) is 0.327. The van der Waals surface area contributed by atoms with Crippen LogP contribution < -0.4 is 5.56 Å². The van der Waals surface area contributed by atoms with Gasteiger partial charge in [-0.05, 0) is 12.2 Å². The molecule has 9 heteroatoms. The Morgan fingerprint density at radius 1 is 1.52 bits per heavy atom. The normalized spacial score (nSPS) is 28.9. The van der Waals surface area contributed by atoms with Gasteiger partial charge in [0.25, 0.3) is 5.56 Å². The molecule has 2 rings (SSSR count). The number of methoxy groups -OCH3 is 1. The van der Waals surface area contributed by atoms with E-state index in [0.29, 0.717) is 6.61 Å². The van der Waals surface area contributed by atoms with Crippen LogP contribution in [0.5, 0.6) is 0 Å². The topological polar surface area (TPSA) is 106 Å². The molecule has 2 heterocycles. The minimum Gasteiger partial charge on any atom is -0.394 e. The maximum absolute atomic E-state index is 11.2. The summed E-state index contributed by atoms with van der Waals surface area (Å²) in [5, 5.41) is 19.7. The van der Waals surface area contributed by atoms with Gasteiger partial charge in [-0.2, -0.15) is 0 Å². The Kier molecular flexibility index (Phi) is 5.62.